The van der Waals surface area contributed by atoms with E-state index in [1.54, 1.807) is 0 Å². The summed E-state index contributed by atoms with van der Waals surface area (Å²) >= 11 is 0. The van der Waals surface area contributed by atoms with Crippen LogP contribution in [0.25, 0.3) is 33.4 Å². The topological polar surface area (TPSA) is 31.6 Å². The average Bonchev–Trinajstić information content (AvgIpc) is 3.37. The second-order valence-corrected chi connectivity index (χ2v) is 9.32. The number of benzene rings is 5. The van der Waals surface area contributed by atoms with Gasteiger partial charge in [0.15, 0.2) is 0 Å². The summed E-state index contributed by atoms with van der Waals surface area (Å²) in [7, 11) is 0. The Labute approximate surface area is 208 Å². The minimum atomic E-state index is 0.0920. The number of hydrogen-bond acceptors (Lipinski definition) is 3. The lowest BCUT2D eigenvalue weighted by atomic mass is 9.35. The number of ether oxygens (including phenoxy) is 2. The van der Waals surface area contributed by atoms with E-state index in [9.17, 15) is 0 Å². The molecule has 0 unspecified atom stereocenters. The monoisotopic (exact) mass is 462 g/mol. The minimum Gasteiger partial charge on any atom is -0.458 e. The molecule has 0 saturated heterocycles. The van der Waals surface area contributed by atoms with Crippen molar-refractivity contribution in [1.29, 1.82) is 0 Å². The van der Waals surface area contributed by atoms with Crippen molar-refractivity contribution < 1.29 is 13.9 Å². The van der Waals surface area contributed by atoms with Crippen molar-refractivity contribution in [2.75, 3.05) is 0 Å². The van der Waals surface area contributed by atoms with Crippen molar-refractivity contribution in [2.45, 2.75) is 0 Å². The second kappa shape index (κ2) is 7.40. The van der Waals surface area contributed by atoms with E-state index in [-0.39, 0.29) is 6.71 Å². The highest BCUT2D eigenvalue weighted by Crippen LogP contribution is 2.38. The molecule has 2 aliphatic heterocycles. The van der Waals surface area contributed by atoms with Gasteiger partial charge in [-0.15, -0.1) is 0 Å². The third kappa shape index (κ3) is 2.88. The van der Waals surface area contributed by atoms with Gasteiger partial charge in [-0.05, 0) is 58.5 Å². The van der Waals surface area contributed by atoms with Gasteiger partial charge in [0.25, 0.3) is 6.71 Å². The molecule has 3 nitrogen and oxygen atoms in total. The third-order valence-electron chi connectivity index (χ3n) is 7.22. The van der Waals surface area contributed by atoms with Crippen LogP contribution in [0.1, 0.15) is 0 Å². The summed E-state index contributed by atoms with van der Waals surface area (Å²) in [5.74, 6) is 4.36. The molecule has 0 amide bonds. The van der Waals surface area contributed by atoms with Gasteiger partial charge in [0, 0.05) is 16.4 Å². The molecular weight excluding hydrogens is 443 g/mol. The molecule has 0 radical (unpaired) electrons. The Kier molecular flexibility index (Phi) is 4.03. The van der Waals surface area contributed by atoms with Crippen LogP contribution in [0.5, 0.6) is 23.0 Å². The first-order valence-electron chi connectivity index (χ1n) is 12.1. The molecule has 3 heterocycles. The molecule has 168 valence electrons. The highest BCUT2D eigenvalue weighted by molar-refractivity contribution is 6.98. The lowest BCUT2D eigenvalue weighted by Gasteiger charge is -2.33. The lowest BCUT2D eigenvalue weighted by molar-refractivity contribution is 0.465. The van der Waals surface area contributed by atoms with Gasteiger partial charge < -0.3 is 13.9 Å². The van der Waals surface area contributed by atoms with E-state index in [4.69, 9.17) is 13.9 Å². The van der Waals surface area contributed by atoms with Crippen LogP contribution in [0.3, 0.4) is 0 Å². The van der Waals surface area contributed by atoms with E-state index in [1.807, 2.05) is 42.5 Å². The fourth-order valence-electron chi connectivity index (χ4n) is 5.51. The largest absolute Gasteiger partial charge is 0.458 e. The Balaban J connectivity index is 1.24. The number of para-hydroxylation sites is 3. The van der Waals surface area contributed by atoms with Gasteiger partial charge >= 0.3 is 0 Å². The van der Waals surface area contributed by atoms with Gasteiger partial charge in [-0.2, -0.15) is 0 Å². The maximum absolute atomic E-state index is 6.43. The minimum absolute atomic E-state index is 0.0920. The summed E-state index contributed by atoms with van der Waals surface area (Å²) in [6.45, 7) is 0.0920. The van der Waals surface area contributed by atoms with Crippen molar-refractivity contribution in [3.05, 3.63) is 115 Å². The molecule has 36 heavy (non-hydrogen) atoms. The summed E-state index contributed by atoms with van der Waals surface area (Å²) in [4.78, 5) is 0. The molecular formula is C32H19BO3. The van der Waals surface area contributed by atoms with E-state index in [1.165, 1.54) is 10.9 Å². The zero-order chi connectivity index (χ0) is 23.6. The molecule has 0 N–H and O–H groups in total. The number of hydrogen-bond donors (Lipinski definition) is 0. The first-order chi connectivity index (χ1) is 17.8. The SMILES string of the molecule is c1ccc2c(c1)Oc1cc(-c3ccc(-c4cc5ccccc5o4)cc3)cc3c1B2c1ccccc1O3. The zero-order valence-corrected chi connectivity index (χ0v) is 19.3. The zero-order valence-electron chi connectivity index (χ0n) is 19.3. The van der Waals surface area contributed by atoms with Crippen LogP contribution in [0, 0.1) is 0 Å². The summed E-state index contributed by atoms with van der Waals surface area (Å²) < 4.78 is 18.9. The van der Waals surface area contributed by atoms with E-state index >= 15 is 0 Å². The number of furan rings is 1. The molecule has 0 atom stereocenters. The number of fused-ring (bicyclic) bond motifs is 5. The smallest absolute Gasteiger partial charge is 0.260 e. The van der Waals surface area contributed by atoms with Crippen LogP contribution in [0.2, 0.25) is 0 Å². The summed E-state index contributed by atoms with van der Waals surface area (Å²) in [5, 5.41) is 1.11. The van der Waals surface area contributed by atoms with Crippen molar-refractivity contribution in [3.8, 4) is 45.4 Å². The van der Waals surface area contributed by atoms with Gasteiger partial charge in [-0.25, -0.2) is 0 Å². The highest BCUT2D eigenvalue weighted by atomic mass is 16.5. The van der Waals surface area contributed by atoms with Crippen LogP contribution in [0.4, 0.5) is 0 Å². The fourth-order valence-corrected chi connectivity index (χ4v) is 5.51. The van der Waals surface area contributed by atoms with Crippen molar-refractivity contribution in [2.24, 2.45) is 0 Å². The lowest BCUT2D eigenvalue weighted by Crippen LogP contribution is -2.57. The van der Waals surface area contributed by atoms with Crippen LogP contribution >= 0.6 is 0 Å². The van der Waals surface area contributed by atoms with Crippen LogP contribution in [0.15, 0.2) is 120 Å². The molecule has 0 saturated carbocycles. The molecule has 8 rings (SSSR count). The maximum Gasteiger partial charge on any atom is 0.260 e. The normalized spacial score (nSPS) is 12.8. The van der Waals surface area contributed by atoms with E-state index in [0.717, 1.165) is 61.9 Å². The molecule has 1 aromatic heterocycles. The average molecular weight is 462 g/mol. The quantitative estimate of drug-likeness (QED) is 0.275. The first-order valence-corrected chi connectivity index (χ1v) is 12.1. The fraction of sp³-hybridized carbons (Fsp3) is 0. The Morgan fingerprint density at radius 2 is 1.06 bits per heavy atom. The first kappa shape index (κ1) is 19.6. The standard InChI is InChI=1S/C32H19BO3/c1-4-10-26-22(7-1)17-29(34-26)21-15-13-20(14-16-21)23-18-30-32-31(19-23)36-28-12-6-3-9-25(28)33(32)24-8-2-5-11-27(24)35-30/h1-19H. The van der Waals surface area contributed by atoms with Crippen LogP contribution < -0.4 is 25.9 Å². The summed E-state index contributed by atoms with van der Waals surface area (Å²) in [5.41, 5.74) is 7.53. The number of rotatable bonds is 2. The Hall–Kier alpha value is -4.70. The molecule has 2 aliphatic rings. The van der Waals surface area contributed by atoms with Gasteiger partial charge in [0.1, 0.15) is 34.3 Å². The van der Waals surface area contributed by atoms with Gasteiger partial charge in [-0.3, -0.25) is 0 Å². The summed E-state index contributed by atoms with van der Waals surface area (Å²) in [6.07, 6.45) is 0. The molecule has 0 fully saturated rings. The predicted octanol–water partition coefficient (Wildman–Crippen LogP) is 6.49. The van der Waals surface area contributed by atoms with Crippen molar-refractivity contribution in [3.63, 3.8) is 0 Å². The molecule has 0 spiro atoms. The van der Waals surface area contributed by atoms with Crippen LogP contribution in [-0.4, -0.2) is 6.71 Å². The van der Waals surface area contributed by atoms with Gasteiger partial charge in [0.2, 0.25) is 0 Å². The second-order valence-electron chi connectivity index (χ2n) is 9.32. The van der Waals surface area contributed by atoms with Crippen molar-refractivity contribution in [1.82, 2.24) is 0 Å². The van der Waals surface area contributed by atoms with Gasteiger partial charge in [-0.1, -0.05) is 78.9 Å². The molecule has 0 aliphatic carbocycles. The van der Waals surface area contributed by atoms with Crippen molar-refractivity contribution >= 4 is 34.1 Å². The maximum atomic E-state index is 6.43. The summed E-state index contributed by atoms with van der Waals surface area (Å²) in [6, 6.07) is 39.5. The third-order valence-corrected chi connectivity index (χ3v) is 7.22. The Morgan fingerprint density at radius 1 is 0.472 bits per heavy atom. The molecule has 0 bridgehead atoms. The Morgan fingerprint density at radius 3 is 1.72 bits per heavy atom. The van der Waals surface area contributed by atoms with E-state index in [2.05, 4.69) is 72.8 Å². The Bertz CT molecular complexity index is 1700. The molecule has 4 heteroatoms. The van der Waals surface area contributed by atoms with E-state index in [0.29, 0.717) is 0 Å². The highest BCUT2D eigenvalue weighted by Gasteiger charge is 2.40. The predicted molar refractivity (Wildman–Crippen MR) is 145 cm³/mol. The molecule has 5 aromatic carbocycles. The molecule has 6 aromatic rings. The van der Waals surface area contributed by atoms with E-state index < -0.39 is 0 Å². The van der Waals surface area contributed by atoms with Gasteiger partial charge in [0.05, 0.1) is 0 Å². The van der Waals surface area contributed by atoms with Crippen LogP contribution in [-0.2, 0) is 0 Å².